The fourth-order valence-corrected chi connectivity index (χ4v) is 7.36. The molecule has 0 aliphatic heterocycles. The Bertz CT molecular complexity index is 2300. The number of hydrogen-bond acceptors (Lipinski definition) is 3. The van der Waals surface area contributed by atoms with E-state index in [1.165, 1.54) is 0 Å². The summed E-state index contributed by atoms with van der Waals surface area (Å²) in [6.45, 7) is 2.15. The summed E-state index contributed by atoms with van der Waals surface area (Å²) in [4.78, 5) is 27.4. The monoisotopic (exact) mass is 500 g/mol. The molecule has 0 aromatic heterocycles. The Morgan fingerprint density at radius 2 is 0.949 bits per heavy atom. The lowest BCUT2D eigenvalue weighted by Gasteiger charge is -2.27. The molecule has 0 amide bonds. The minimum Gasteiger partial charge on any atom is -0.496 e. The number of carbonyl (C=O) groups excluding carboxylic acids is 2. The van der Waals surface area contributed by atoms with E-state index in [0.29, 0.717) is 0 Å². The maximum absolute atomic E-state index is 13.7. The van der Waals surface area contributed by atoms with E-state index in [4.69, 9.17) is 4.74 Å². The number of ether oxygens (including phenoxy) is 1. The van der Waals surface area contributed by atoms with Gasteiger partial charge >= 0.3 is 0 Å². The van der Waals surface area contributed by atoms with Gasteiger partial charge in [-0.25, -0.2) is 0 Å². The minimum absolute atomic E-state index is 0.0516. The van der Waals surface area contributed by atoms with E-state index in [1.807, 2.05) is 60.7 Å². The van der Waals surface area contributed by atoms with E-state index in [0.717, 1.165) is 98.9 Å². The molecule has 0 unspecified atom stereocenters. The number of hydrogen-bond donors (Lipinski definition) is 0. The zero-order valence-electron chi connectivity index (χ0n) is 21.3. The lowest BCUT2D eigenvalue weighted by Crippen LogP contribution is -2.12. The van der Waals surface area contributed by atoms with Crippen LogP contribution in [0.3, 0.4) is 0 Å². The lowest BCUT2D eigenvalue weighted by molar-refractivity contribution is 0.103. The zero-order valence-corrected chi connectivity index (χ0v) is 21.3. The summed E-state index contributed by atoms with van der Waals surface area (Å²) in [7, 11) is 1.71. The van der Waals surface area contributed by atoms with Crippen LogP contribution < -0.4 is 4.74 Å². The summed E-state index contributed by atoms with van der Waals surface area (Å²) in [5.41, 5.74) is 8.11. The molecule has 0 atom stereocenters. The van der Waals surface area contributed by atoms with Crippen LogP contribution in [-0.2, 0) is 0 Å². The Morgan fingerprint density at radius 3 is 1.51 bits per heavy atom. The molecule has 182 valence electrons. The maximum Gasteiger partial charge on any atom is 0.194 e. The molecule has 0 N–H and O–H groups in total. The van der Waals surface area contributed by atoms with E-state index in [1.54, 1.807) is 7.11 Å². The van der Waals surface area contributed by atoms with Crippen LogP contribution in [0.25, 0.3) is 65.3 Å². The molecule has 2 aliphatic carbocycles. The molecule has 0 spiro atoms. The predicted octanol–water partition coefficient (Wildman–Crippen LogP) is 8.48. The molecule has 7 aromatic rings. The predicted molar refractivity (Wildman–Crippen MR) is 157 cm³/mol. The van der Waals surface area contributed by atoms with Gasteiger partial charge in [0.05, 0.1) is 7.11 Å². The number of methoxy groups -OCH3 is 1. The van der Waals surface area contributed by atoms with Crippen molar-refractivity contribution in [3.63, 3.8) is 0 Å². The highest BCUT2D eigenvalue weighted by atomic mass is 16.5. The van der Waals surface area contributed by atoms with Crippen LogP contribution >= 0.6 is 0 Å². The van der Waals surface area contributed by atoms with Crippen LogP contribution in [0.4, 0.5) is 0 Å². The Morgan fingerprint density at radius 1 is 0.462 bits per heavy atom. The second-order valence-electron chi connectivity index (χ2n) is 10.7. The van der Waals surface area contributed by atoms with Gasteiger partial charge in [-0.1, -0.05) is 66.7 Å². The Labute approximate surface area is 223 Å². The molecule has 0 radical (unpaired) electrons. The van der Waals surface area contributed by atoms with E-state index in [9.17, 15) is 9.59 Å². The molecular weight excluding hydrogens is 480 g/mol. The topological polar surface area (TPSA) is 43.4 Å². The van der Waals surface area contributed by atoms with E-state index in [2.05, 4.69) is 31.2 Å². The maximum atomic E-state index is 13.7. The van der Waals surface area contributed by atoms with Gasteiger partial charge < -0.3 is 4.74 Å². The first kappa shape index (κ1) is 21.0. The van der Waals surface area contributed by atoms with Crippen LogP contribution in [-0.4, -0.2) is 18.7 Å². The van der Waals surface area contributed by atoms with Crippen LogP contribution in [0.2, 0.25) is 0 Å². The first-order valence-corrected chi connectivity index (χ1v) is 13.2. The summed E-state index contributed by atoms with van der Waals surface area (Å²) in [5, 5.41) is 8.35. The summed E-state index contributed by atoms with van der Waals surface area (Å²) < 4.78 is 6.08. The molecule has 3 nitrogen and oxygen atoms in total. The molecule has 7 aromatic carbocycles. The molecular formula is C36H20O3. The van der Waals surface area contributed by atoms with Crippen molar-refractivity contribution < 1.29 is 14.3 Å². The highest BCUT2D eigenvalue weighted by Gasteiger charge is 2.32. The Kier molecular flexibility index (Phi) is 3.70. The molecule has 0 heterocycles. The standard InChI is InChI=1S/C36H20O3/c1-17-15-26-18-7-3-5-9-20(18)35(37)24-14-12-23-32-28(39-2)16-27-19-8-4-6-10-21(19)36(38)25-13-11-22(34(32)31(25)27)29(17)33(23)30(24)26/h3-16H,1-2H3. The number of benzene rings is 7. The Balaban J connectivity index is 1.58. The third-order valence-electron chi connectivity index (χ3n) is 8.90. The summed E-state index contributed by atoms with van der Waals surface area (Å²) in [6.07, 6.45) is 0. The fourth-order valence-electron chi connectivity index (χ4n) is 7.36. The van der Waals surface area contributed by atoms with E-state index >= 15 is 0 Å². The third kappa shape index (κ3) is 2.31. The van der Waals surface area contributed by atoms with Gasteiger partial charge in [-0.15, -0.1) is 0 Å². The van der Waals surface area contributed by atoms with Gasteiger partial charge in [-0.3, -0.25) is 9.59 Å². The summed E-state index contributed by atoms with van der Waals surface area (Å²) in [6, 6.07) is 28.2. The molecule has 2 aliphatic rings. The number of carbonyl (C=O) groups is 2. The molecule has 0 fully saturated rings. The van der Waals surface area contributed by atoms with Gasteiger partial charge in [0.15, 0.2) is 11.6 Å². The van der Waals surface area contributed by atoms with Gasteiger partial charge in [0, 0.05) is 43.8 Å². The van der Waals surface area contributed by atoms with E-state index in [-0.39, 0.29) is 11.6 Å². The van der Waals surface area contributed by atoms with Gasteiger partial charge in [-0.2, -0.15) is 0 Å². The largest absolute Gasteiger partial charge is 0.496 e. The van der Waals surface area contributed by atoms with Gasteiger partial charge in [-0.05, 0) is 74.5 Å². The third-order valence-corrected chi connectivity index (χ3v) is 8.90. The van der Waals surface area contributed by atoms with Crippen molar-refractivity contribution in [3.05, 3.63) is 113 Å². The minimum atomic E-state index is 0.0516. The first-order valence-electron chi connectivity index (χ1n) is 13.2. The quantitative estimate of drug-likeness (QED) is 0.168. The summed E-state index contributed by atoms with van der Waals surface area (Å²) >= 11 is 0. The second kappa shape index (κ2) is 6.89. The van der Waals surface area contributed by atoms with Crippen molar-refractivity contribution in [1.82, 2.24) is 0 Å². The smallest absolute Gasteiger partial charge is 0.194 e. The first-order chi connectivity index (χ1) is 19.1. The Hall–Kier alpha value is -5.02. The van der Waals surface area contributed by atoms with Crippen molar-refractivity contribution in [3.8, 4) is 28.0 Å². The molecule has 9 rings (SSSR count). The van der Waals surface area contributed by atoms with Gasteiger partial charge in [0.2, 0.25) is 0 Å². The molecule has 39 heavy (non-hydrogen) atoms. The average Bonchev–Trinajstić information content (AvgIpc) is 2.98. The van der Waals surface area contributed by atoms with Crippen LogP contribution in [0.15, 0.2) is 84.9 Å². The lowest BCUT2D eigenvalue weighted by atomic mass is 9.75. The molecule has 0 saturated carbocycles. The van der Waals surface area contributed by atoms with Gasteiger partial charge in [0.25, 0.3) is 0 Å². The van der Waals surface area contributed by atoms with Crippen LogP contribution in [0.1, 0.15) is 37.4 Å². The fraction of sp³-hybridized carbons (Fsp3) is 0.0556. The molecule has 3 heteroatoms. The van der Waals surface area contributed by atoms with Crippen molar-refractivity contribution in [2.75, 3.05) is 7.11 Å². The second-order valence-corrected chi connectivity index (χ2v) is 10.7. The SMILES string of the molecule is COc1cc2c3c(ccc4c5c(C)cc6c7c(ccc(c1c34)c75)C(=O)c1ccccc1-6)C(=O)c1ccccc1-2. The number of rotatable bonds is 1. The highest BCUT2D eigenvalue weighted by Crippen LogP contribution is 2.53. The zero-order chi connectivity index (χ0) is 26.2. The normalized spacial score (nSPS) is 13.5. The van der Waals surface area contributed by atoms with Crippen molar-refractivity contribution in [1.29, 1.82) is 0 Å². The molecule has 0 saturated heterocycles. The van der Waals surface area contributed by atoms with Crippen molar-refractivity contribution in [2.45, 2.75) is 6.92 Å². The summed E-state index contributed by atoms with van der Waals surface area (Å²) in [5.74, 6) is 0.881. The van der Waals surface area contributed by atoms with Crippen LogP contribution in [0.5, 0.6) is 5.75 Å². The van der Waals surface area contributed by atoms with Crippen molar-refractivity contribution >= 4 is 54.7 Å². The van der Waals surface area contributed by atoms with Crippen LogP contribution in [0, 0.1) is 6.92 Å². The average molecular weight is 501 g/mol. The number of ketones is 2. The number of aryl methyl sites for hydroxylation is 1. The van der Waals surface area contributed by atoms with Crippen molar-refractivity contribution in [2.24, 2.45) is 0 Å². The number of fused-ring (bicyclic) bond motifs is 6. The van der Waals surface area contributed by atoms with E-state index < -0.39 is 0 Å². The van der Waals surface area contributed by atoms with Gasteiger partial charge in [0.1, 0.15) is 5.75 Å². The molecule has 0 bridgehead atoms. The highest BCUT2D eigenvalue weighted by molar-refractivity contribution is 6.42.